The van der Waals surface area contributed by atoms with E-state index < -0.39 is 11.9 Å². The molecule has 2 heterocycles. The minimum Gasteiger partial charge on any atom is -0.466 e. The summed E-state index contributed by atoms with van der Waals surface area (Å²) in [7, 11) is 0. The Bertz CT molecular complexity index is 860. The van der Waals surface area contributed by atoms with Crippen LogP contribution in [-0.4, -0.2) is 64.2 Å². The maximum Gasteiger partial charge on any atom is 0.307 e. The van der Waals surface area contributed by atoms with Crippen LogP contribution in [0.3, 0.4) is 0 Å². The summed E-state index contributed by atoms with van der Waals surface area (Å²) in [5.74, 6) is -1.15. The SMILES string of the molecule is CCOC(=O)C[C@H]1COCCN1C(=O)c1cn(Cc2ccc(F)cc2Cl)nn1. The molecule has 150 valence electrons. The summed E-state index contributed by atoms with van der Waals surface area (Å²) in [6.07, 6.45) is 1.55. The van der Waals surface area contributed by atoms with Crippen LogP contribution in [0.25, 0.3) is 0 Å². The Kier molecular flexibility index (Phi) is 6.58. The second kappa shape index (κ2) is 9.11. The number of carbonyl (C=O) groups excluding carboxylic acids is 2. The van der Waals surface area contributed by atoms with Gasteiger partial charge in [-0.2, -0.15) is 0 Å². The van der Waals surface area contributed by atoms with Crippen LogP contribution in [0, 0.1) is 5.82 Å². The Hall–Kier alpha value is -2.52. The maximum absolute atomic E-state index is 13.2. The van der Waals surface area contributed by atoms with Gasteiger partial charge in [-0.1, -0.05) is 22.9 Å². The third-order valence-electron chi connectivity index (χ3n) is 4.30. The molecule has 0 N–H and O–H groups in total. The van der Waals surface area contributed by atoms with E-state index in [1.54, 1.807) is 17.9 Å². The molecule has 1 fully saturated rings. The molecular weight excluding hydrogens is 391 g/mol. The van der Waals surface area contributed by atoms with Gasteiger partial charge in [-0.25, -0.2) is 9.07 Å². The van der Waals surface area contributed by atoms with Crippen LogP contribution in [0.15, 0.2) is 24.4 Å². The minimum atomic E-state index is -0.428. The number of amides is 1. The van der Waals surface area contributed by atoms with Gasteiger partial charge in [0.05, 0.1) is 45.0 Å². The lowest BCUT2D eigenvalue weighted by atomic mass is 10.1. The molecule has 1 aromatic carbocycles. The van der Waals surface area contributed by atoms with Crippen molar-refractivity contribution in [2.75, 3.05) is 26.4 Å². The summed E-state index contributed by atoms with van der Waals surface area (Å²) in [4.78, 5) is 26.2. The minimum absolute atomic E-state index is 0.0545. The molecule has 1 aliphatic rings. The highest BCUT2D eigenvalue weighted by Crippen LogP contribution is 2.19. The van der Waals surface area contributed by atoms with E-state index in [2.05, 4.69) is 10.3 Å². The quantitative estimate of drug-likeness (QED) is 0.676. The van der Waals surface area contributed by atoms with Crippen molar-refractivity contribution in [3.8, 4) is 0 Å². The van der Waals surface area contributed by atoms with E-state index in [4.69, 9.17) is 21.1 Å². The van der Waals surface area contributed by atoms with E-state index >= 15 is 0 Å². The lowest BCUT2D eigenvalue weighted by Crippen LogP contribution is -2.49. The molecule has 1 atom stereocenters. The fourth-order valence-corrected chi connectivity index (χ4v) is 3.18. The van der Waals surface area contributed by atoms with Crippen LogP contribution < -0.4 is 0 Å². The molecule has 0 radical (unpaired) electrons. The number of nitrogens with zero attached hydrogens (tertiary/aromatic N) is 4. The zero-order valence-electron chi connectivity index (χ0n) is 15.3. The number of carbonyl (C=O) groups is 2. The van der Waals surface area contributed by atoms with Gasteiger partial charge in [0, 0.05) is 11.6 Å². The molecule has 3 rings (SSSR count). The fourth-order valence-electron chi connectivity index (χ4n) is 2.95. The molecule has 2 aromatic rings. The standard InChI is InChI=1S/C18H20ClFN4O4/c1-2-28-17(25)8-14-11-27-6-5-24(14)18(26)16-10-23(22-21-16)9-12-3-4-13(20)7-15(12)19/h3-4,7,10,14H,2,5-6,8-9,11H2,1H3/t14-/m0/s1. The topological polar surface area (TPSA) is 86.5 Å². The van der Waals surface area contributed by atoms with Crippen LogP contribution in [0.4, 0.5) is 4.39 Å². The average Bonchev–Trinajstić information content (AvgIpc) is 3.13. The number of rotatable bonds is 6. The van der Waals surface area contributed by atoms with Crippen molar-refractivity contribution in [3.05, 3.63) is 46.5 Å². The summed E-state index contributed by atoms with van der Waals surface area (Å²) < 4.78 is 25.0. The highest BCUT2D eigenvalue weighted by Gasteiger charge is 2.31. The first-order valence-electron chi connectivity index (χ1n) is 8.86. The smallest absolute Gasteiger partial charge is 0.307 e. The van der Waals surface area contributed by atoms with Crippen molar-refractivity contribution in [1.82, 2.24) is 19.9 Å². The molecule has 0 spiro atoms. The van der Waals surface area contributed by atoms with Gasteiger partial charge in [0.15, 0.2) is 5.69 Å². The summed E-state index contributed by atoms with van der Waals surface area (Å²) in [5, 5.41) is 8.15. The van der Waals surface area contributed by atoms with Gasteiger partial charge >= 0.3 is 5.97 Å². The van der Waals surface area contributed by atoms with Crippen molar-refractivity contribution in [1.29, 1.82) is 0 Å². The molecule has 8 nitrogen and oxygen atoms in total. The third kappa shape index (κ3) is 4.85. The first-order valence-corrected chi connectivity index (χ1v) is 9.24. The highest BCUT2D eigenvalue weighted by molar-refractivity contribution is 6.31. The molecule has 1 amide bonds. The predicted octanol–water partition coefficient (Wildman–Crippen LogP) is 1.91. The Morgan fingerprint density at radius 1 is 1.43 bits per heavy atom. The summed E-state index contributed by atoms with van der Waals surface area (Å²) in [6.45, 7) is 3.23. The van der Waals surface area contributed by atoms with Crippen LogP contribution in [-0.2, 0) is 20.8 Å². The van der Waals surface area contributed by atoms with Crippen molar-refractivity contribution in [2.24, 2.45) is 0 Å². The largest absolute Gasteiger partial charge is 0.466 e. The van der Waals surface area contributed by atoms with E-state index in [0.29, 0.717) is 18.7 Å². The number of halogens is 2. The number of hydrogen-bond donors (Lipinski definition) is 0. The van der Waals surface area contributed by atoms with Gasteiger partial charge in [0.2, 0.25) is 0 Å². The van der Waals surface area contributed by atoms with Crippen molar-refractivity contribution >= 4 is 23.5 Å². The van der Waals surface area contributed by atoms with Gasteiger partial charge in [0.25, 0.3) is 5.91 Å². The van der Waals surface area contributed by atoms with Crippen LogP contribution in [0.5, 0.6) is 0 Å². The molecule has 1 aromatic heterocycles. The van der Waals surface area contributed by atoms with Gasteiger partial charge in [-0.3, -0.25) is 9.59 Å². The Labute approximate surface area is 166 Å². The lowest BCUT2D eigenvalue weighted by Gasteiger charge is -2.34. The second-order valence-corrected chi connectivity index (χ2v) is 6.68. The van der Waals surface area contributed by atoms with Crippen molar-refractivity contribution in [3.63, 3.8) is 0 Å². The first kappa shape index (κ1) is 20.2. The Morgan fingerprint density at radius 3 is 3.00 bits per heavy atom. The van der Waals surface area contributed by atoms with Crippen molar-refractivity contribution < 1.29 is 23.5 Å². The molecule has 0 unspecified atom stereocenters. The number of morpholine rings is 1. The van der Waals surface area contributed by atoms with E-state index in [1.165, 1.54) is 23.0 Å². The Balaban J connectivity index is 1.70. The molecule has 28 heavy (non-hydrogen) atoms. The molecule has 0 saturated carbocycles. The number of ether oxygens (including phenoxy) is 2. The molecule has 10 heteroatoms. The van der Waals surface area contributed by atoms with E-state index in [9.17, 15) is 14.0 Å². The zero-order valence-corrected chi connectivity index (χ0v) is 16.1. The van der Waals surface area contributed by atoms with E-state index in [0.717, 1.165) is 0 Å². The van der Waals surface area contributed by atoms with Gasteiger partial charge in [-0.05, 0) is 24.6 Å². The molecule has 0 bridgehead atoms. The van der Waals surface area contributed by atoms with Gasteiger partial charge < -0.3 is 14.4 Å². The van der Waals surface area contributed by atoms with E-state index in [-0.39, 0.29) is 48.8 Å². The van der Waals surface area contributed by atoms with Crippen LogP contribution in [0.2, 0.25) is 5.02 Å². The molecule has 0 aliphatic carbocycles. The van der Waals surface area contributed by atoms with E-state index in [1.807, 2.05) is 0 Å². The first-order chi connectivity index (χ1) is 13.5. The zero-order chi connectivity index (χ0) is 20.1. The monoisotopic (exact) mass is 410 g/mol. The molecule has 1 aliphatic heterocycles. The predicted molar refractivity (Wildman–Crippen MR) is 97.4 cm³/mol. The second-order valence-electron chi connectivity index (χ2n) is 6.27. The van der Waals surface area contributed by atoms with Gasteiger partial charge in [-0.15, -0.1) is 5.10 Å². The van der Waals surface area contributed by atoms with Crippen molar-refractivity contribution in [2.45, 2.75) is 25.9 Å². The molecule has 1 saturated heterocycles. The number of aromatic nitrogens is 3. The number of benzene rings is 1. The summed E-state index contributed by atoms with van der Waals surface area (Å²) in [6, 6.07) is 3.65. The number of esters is 1. The summed E-state index contributed by atoms with van der Waals surface area (Å²) >= 11 is 6.03. The molecular formula is C18H20ClFN4O4. The van der Waals surface area contributed by atoms with Gasteiger partial charge in [0.1, 0.15) is 5.82 Å². The highest BCUT2D eigenvalue weighted by atomic mass is 35.5. The summed E-state index contributed by atoms with van der Waals surface area (Å²) in [5.41, 5.74) is 0.799. The van der Waals surface area contributed by atoms with Crippen LogP contribution >= 0.6 is 11.6 Å². The Morgan fingerprint density at radius 2 is 2.25 bits per heavy atom. The average molecular weight is 411 g/mol. The fraction of sp³-hybridized carbons (Fsp3) is 0.444. The normalized spacial score (nSPS) is 16.8. The lowest BCUT2D eigenvalue weighted by molar-refractivity contribution is -0.145. The maximum atomic E-state index is 13.2. The van der Waals surface area contributed by atoms with Crippen LogP contribution in [0.1, 0.15) is 29.4 Å². The number of hydrogen-bond acceptors (Lipinski definition) is 6. The third-order valence-corrected chi connectivity index (χ3v) is 4.65.